The molecule has 0 aliphatic heterocycles. The van der Waals surface area contributed by atoms with Crippen LogP contribution in [-0.2, 0) is 13.0 Å². The molecule has 1 N–H and O–H groups in total. The van der Waals surface area contributed by atoms with Gasteiger partial charge in [0.1, 0.15) is 17.4 Å². The minimum Gasteiger partial charge on any atom is -0.496 e. The van der Waals surface area contributed by atoms with Crippen molar-refractivity contribution < 1.29 is 9.53 Å². The second-order valence-corrected chi connectivity index (χ2v) is 8.62. The Bertz CT molecular complexity index is 949. The summed E-state index contributed by atoms with van der Waals surface area (Å²) in [7, 11) is 1.63. The lowest BCUT2D eigenvalue weighted by Crippen LogP contribution is -2.31. The fraction of sp³-hybridized carbons (Fsp3) is 0.560. The zero-order valence-corrected chi connectivity index (χ0v) is 19.2. The molecule has 2 aromatic rings. The molecule has 0 saturated heterocycles. The number of benzene rings is 1. The van der Waals surface area contributed by atoms with Crippen molar-refractivity contribution in [2.45, 2.75) is 65.8 Å². The largest absolute Gasteiger partial charge is 0.496 e. The lowest BCUT2D eigenvalue weighted by Gasteiger charge is -2.26. The number of amides is 1. The number of nitriles is 1. The molecule has 1 heterocycles. The Hall–Kier alpha value is -2.81. The summed E-state index contributed by atoms with van der Waals surface area (Å²) in [5.41, 5.74) is 3.11. The van der Waals surface area contributed by atoms with Crippen LogP contribution in [0.4, 0.5) is 0 Å². The summed E-state index contributed by atoms with van der Waals surface area (Å²) in [4.78, 5) is 13.0. The molecule has 0 unspecified atom stereocenters. The Kier molecular flexibility index (Phi) is 7.73. The van der Waals surface area contributed by atoms with Gasteiger partial charge in [-0.2, -0.15) is 10.4 Å². The number of rotatable bonds is 8. The SMILES string of the molecule is CCCc1ccc(-c2c(C#N)c(C(=O)NCC3CCC(C)CC3)nn2CC)c(OC)c1. The van der Waals surface area contributed by atoms with E-state index < -0.39 is 0 Å². The van der Waals surface area contributed by atoms with E-state index in [-0.39, 0.29) is 11.6 Å². The number of hydrogen-bond donors (Lipinski definition) is 1. The van der Waals surface area contributed by atoms with Crippen molar-refractivity contribution in [3.05, 3.63) is 35.0 Å². The highest BCUT2D eigenvalue weighted by molar-refractivity contribution is 5.97. The third kappa shape index (κ3) is 5.10. The van der Waals surface area contributed by atoms with Crippen LogP contribution in [0.5, 0.6) is 5.75 Å². The molecule has 0 spiro atoms. The van der Waals surface area contributed by atoms with Gasteiger partial charge in [-0.3, -0.25) is 9.48 Å². The molecule has 1 aliphatic rings. The van der Waals surface area contributed by atoms with Gasteiger partial charge in [-0.1, -0.05) is 39.2 Å². The maximum absolute atomic E-state index is 13.0. The zero-order chi connectivity index (χ0) is 22.4. The maximum atomic E-state index is 13.0. The summed E-state index contributed by atoms with van der Waals surface area (Å²) in [5.74, 6) is 1.70. The molecule has 0 atom stereocenters. The van der Waals surface area contributed by atoms with Crippen molar-refractivity contribution in [3.63, 3.8) is 0 Å². The van der Waals surface area contributed by atoms with E-state index in [4.69, 9.17) is 4.74 Å². The number of carbonyl (C=O) groups excluding carboxylic acids is 1. The molecular weight excluding hydrogens is 388 g/mol. The fourth-order valence-corrected chi connectivity index (χ4v) is 4.46. The molecule has 1 amide bonds. The van der Waals surface area contributed by atoms with Crippen molar-refractivity contribution in [1.82, 2.24) is 15.1 Å². The first-order valence-electron chi connectivity index (χ1n) is 11.5. The molecule has 1 fully saturated rings. The molecule has 6 nitrogen and oxygen atoms in total. The molecule has 0 radical (unpaired) electrons. The number of nitrogens with one attached hydrogen (secondary N) is 1. The van der Waals surface area contributed by atoms with Crippen LogP contribution in [-0.4, -0.2) is 29.3 Å². The summed E-state index contributed by atoms with van der Waals surface area (Å²) in [5, 5.41) is 17.5. The molecule has 1 aromatic carbocycles. The molecule has 31 heavy (non-hydrogen) atoms. The third-order valence-electron chi connectivity index (χ3n) is 6.33. The highest BCUT2D eigenvalue weighted by Gasteiger charge is 2.26. The smallest absolute Gasteiger partial charge is 0.273 e. The van der Waals surface area contributed by atoms with Crippen LogP contribution in [0, 0.1) is 23.2 Å². The summed E-state index contributed by atoms with van der Waals surface area (Å²) in [6.45, 7) is 7.58. The van der Waals surface area contributed by atoms with E-state index >= 15 is 0 Å². The van der Waals surface area contributed by atoms with Gasteiger partial charge in [0.25, 0.3) is 5.91 Å². The number of ether oxygens (including phenoxy) is 1. The van der Waals surface area contributed by atoms with Gasteiger partial charge >= 0.3 is 0 Å². The third-order valence-corrected chi connectivity index (χ3v) is 6.33. The van der Waals surface area contributed by atoms with Gasteiger partial charge in [-0.15, -0.1) is 0 Å². The summed E-state index contributed by atoms with van der Waals surface area (Å²) in [6, 6.07) is 8.27. The van der Waals surface area contributed by atoms with E-state index in [1.54, 1.807) is 11.8 Å². The van der Waals surface area contributed by atoms with Gasteiger partial charge in [0.15, 0.2) is 5.69 Å². The van der Waals surface area contributed by atoms with Crippen LogP contribution in [0.15, 0.2) is 18.2 Å². The number of hydrogen-bond acceptors (Lipinski definition) is 4. The zero-order valence-electron chi connectivity index (χ0n) is 19.2. The molecule has 3 rings (SSSR count). The first kappa shape index (κ1) is 22.9. The van der Waals surface area contributed by atoms with Crippen LogP contribution in [0.2, 0.25) is 0 Å². The number of nitrogens with zero attached hydrogens (tertiary/aromatic N) is 3. The van der Waals surface area contributed by atoms with E-state index in [0.29, 0.717) is 36.0 Å². The van der Waals surface area contributed by atoms with Crippen molar-refractivity contribution in [2.24, 2.45) is 11.8 Å². The highest BCUT2D eigenvalue weighted by Crippen LogP contribution is 2.35. The minimum atomic E-state index is -0.273. The number of methoxy groups -OCH3 is 1. The van der Waals surface area contributed by atoms with Crippen LogP contribution < -0.4 is 10.1 Å². The molecule has 1 aromatic heterocycles. The monoisotopic (exact) mass is 422 g/mol. The van der Waals surface area contributed by atoms with E-state index in [1.165, 1.54) is 18.4 Å². The molecule has 166 valence electrons. The highest BCUT2D eigenvalue weighted by atomic mass is 16.5. The Labute approximate surface area is 185 Å². The van der Waals surface area contributed by atoms with Gasteiger partial charge in [-0.25, -0.2) is 0 Å². The summed E-state index contributed by atoms with van der Waals surface area (Å²) in [6.07, 6.45) is 6.72. The Balaban J connectivity index is 1.89. The maximum Gasteiger partial charge on any atom is 0.273 e. The average Bonchev–Trinajstić information content (AvgIpc) is 3.17. The Morgan fingerprint density at radius 1 is 1.29 bits per heavy atom. The second-order valence-electron chi connectivity index (χ2n) is 8.62. The lowest BCUT2D eigenvalue weighted by atomic mass is 9.83. The first-order chi connectivity index (χ1) is 15.0. The van der Waals surface area contributed by atoms with Crippen molar-refractivity contribution >= 4 is 5.91 Å². The van der Waals surface area contributed by atoms with Gasteiger partial charge in [0.05, 0.1) is 12.8 Å². The normalized spacial score (nSPS) is 18.4. The summed E-state index contributed by atoms with van der Waals surface area (Å²) < 4.78 is 7.37. The van der Waals surface area contributed by atoms with E-state index in [2.05, 4.69) is 36.4 Å². The van der Waals surface area contributed by atoms with Crippen LogP contribution in [0.3, 0.4) is 0 Å². The van der Waals surface area contributed by atoms with Gasteiger partial charge in [-0.05, 0) is 55.7 Å². The predicted octanol–water partition coefficient (Wildman–Crippen LogP) is 4.96. The standard InChI is InChI=1S/C25H34N4O2/c1-5-7-18-12-13-20(22(14-18)31-4)24-21(15-26)23(28-29(24)6-2)25(30)27-16-19-10-8-17(3)9-11-19/h12-14,17,19H,5-11,16H2,1-4H3,(H,27,30). The van der Waals surface area contributed by atoms with E-state index in [0.717, 1.165) is 37.2 Å². The van der Waals surface area contributed by atoms with Crippen molar-refractivity contribution in [1.29, 1.82) is 5.26 Å². The van der Waals surface area contributed by atoms with Gasteiger partial charge in [0, 0.05) is 18.7 Å². The molecule has 6 heteroatoms. The van der Waals surface area contributed by atoms with Gasteiger partial charge in [0.2, 0.25) is 0 Å². The average molecular weight is 423 g/mol. The fourth-order valence-electron chi connectivity index (χ4n) is 4.46. The van der Waals surface area contributed by atoms with E-state index in [1.807, 2.05) is 19.1 Å². The quantitative estimate of drug-likeness (QED) is 0.652. The number of aromatic nitrogens is 2. The van der Waals surface area contributed by atoms with E-state index in [9.17, 15) is 10.1 Å². The van der Waals surface area contributed by atoms with Crippen molar-refractivity contribution in [2.75, 3.05) is 13.7 Å². The van der Waals surface area contributed by atoms with Crippen LogP contribution >= 0.6 is 0 Å². The van der Waals surface area contributed by atoms with Crippen LogP contribution in [0.1, 0.15) is 74.5 Å². The topological polar surface area (TPSA) is 79.9 Å². The Morgan fingerprint density at radius 2 is 2.03 bits per heavy atom. The number of aryl methyl sites for hydroxylation is 2. The van der Waals surface area contributed by atoms with Gasteiger partial charge < -0.3 is 10.1 Å². The first-order valence-corrected chi connectivity index (χ1v) is 11.5. The Morgan fingerprint density at radius 3 is 2.65 bits per heavy atom. The van der Waals surface area contributed by atoms with Crippen LogP contribution in [0.25, 0.3) is 11.3 Å². The molecule has 1 saturated carbocycles. The minimum absolute atomic E-state index is 0.197. The molecule has 0 bridgehead atoms. The second kappa shape index (κ2) is 10.5. The number of carbonyl (C=O) groups is 1. The van der Waals surface area contributed by atoms with Crippen molar-refractivity contribution in [3.8, 4) is 23.1 Å². The lowest BCUT2D eigenvalue weighted by molar-refractivity contribution is 0.0935. The predicted molar refractivity (Wildman–Crippen MR) is 122 cm³/mol. The molecular formula is C25H34N4O2. The summed E-state index contributed by atoms with van der Waals surface area (Å²) >= 11 is 0. The molecule has 1 aliphatic carbocycles.